The van der Waals surface area contributed by atoms with Crippen LogP contribution in [0.4, 0.5) is 0 Å². The van der Waals surface area contributed by atoms with Crippen molar-refractivity contribution in [1.82, 2.24) is 16.0 Å². The second kappa shape index (κ2) is 11.0. The average Bonchev–Trinajstić information content (AvgIpc) is 2.68. The number of hydrogen-bond donors (Lipinski definition) is 3. The summed E-state index contributed by atoms with van der Waals surface area (Å²) >= 11 is 0. The molecule has 0 aromatic heterocycles. The summed E-state index contributed by atoms with van der Waals surface area (Å²) in [4.78, 5) is 16.4. The molecule has 28 heavy (non-hydrogen) atoms. The summed E-state index contributed by atoms with van der Waals surface area (Å²) in [6, 6.07) is 13.7. The van der Waals surface area contributed by atoms with E-state index >= 15 is 0 Å². The maximum Gasteiger partial charge on any atom is 0.251 e. The number of nitrogens with one attached hydrogen (secondary N) is 3. The number of hydrogen-bond acceptors (Lipinski definition) is 3. The lowest BCUT2D eigenvalue weighted by Gasteiger charge is -2.13. The van der Waals surface area contributed by atoms with E-state index in [2.05, 4.69) is 53.0 Å². The molecule has 0 unspecified atom stereocenters. The summed E-state index contributed by atoms with van der Waals surface area (Å²) in [6.07, 6.45) is 0.926. The number of aryl methyl sites for hydroxylation is 2. The first-order valence-corrected chi connectivity index (χ1v) is 9.45. The molecule has 3 N–H and O–H groups in total. The third-order valence-electron chi connectivity index (χ3n) is 4.25. The highest BCUT2D eigenvalue weighted by molar-refractivity contribution is 5.94. The van der Waals surface area contributed by atoms with Gasteiger partial charge in [0.2, 0.25) is 0 Å². The number of guanidine groups is 1. The smallest absolute Gasteiger partial charge is 0.251 e. The van der Waals surface area contributed by atoms with Gasteiger partial charge >= 0.3 is 0 Å². The normalized spacial score (nSPS) is 11.1. The molecular formula is C22H30N4O2. The van der Waals surface area contributed by atoms with Gasteiger partial charge in [0.25, 0.3) is 5.91 Å². The number of amides is 1. The molecule has 0 bridgehead atoms. The predicted octanol–water partition coefficient (Wildman–Crippen LogP) is 2.45. The summed E-state index contributed by atoms with van der Waals surface area (Å²) in [6.45, 7) is 6.10. The SMILES string of the molecule is CN=C(NCCNC(=O)c1cccc(OC)c1)NCCc1cc(C)cc(C)c1. The molecule has 0 aliphatic heterocycles. The molecule has 0 aliphatic rings. The third-order valence-corrected chi connectivity index (χ3v) is 4.25. The van der Waals surface area contributed by atoms with Gasteiger partial charge in [-0.25, -0.2) is 0 Å². The Morgan fingerprint density at radius 2 is 1.64 bits per heavy atom. The van der Waals surface area contributed by atoms with Crippen LogP contribution in [0.3, 0.4) is 0 Å². The van der Waals surface area contributed by atoms with Crippen LogP contribution in [0.2, 0.25) is 0 Å². The first-order valence-electron chi connectivity index (χ1n) is 9.45. The number of carbonyl (C=O) groups is 1. The Balaban J connectivity index is 1.69. The van der Waals surface area contributed by atoms with Crippen LogP contribution in [0.1, 0.15) is 27.0 Å². The molecule has 0 heterocycles. The lowest BCUT2D eigenvalue weighted by molar-refractivity contribution is 0.0954. The first kappa shape index (κ1) is 21.3. The van der Waals surface area contributed by atoms with E-state index in [1.165, 1.54) is 16.7 Å². The van der Waals surface area contributed by atoms with E-state index in [0.29, 0.717) is 24.4 Å². The number of methoxy groups -OCH3 is 1. The van der Waals surface area contributed by atoms with Gasteiger partial charge in [0.1, 0.15) is 5.75 Å². The van der Waals surface area contributed by atoms with Gasteiger partial charge in [-0.05, 0) is 44.0 Å². The molecule has 2 rings (SSSR count). The highest BCUT2D eigenvalue weighted by atomic mass is 16.5. The number of rotatable bonds is 8. The fourth-order valence-corrected chi connectivity index (χ4v) is 2.98. The van der Waals surface area contributed by atoms with Gasteiger partial charge in [0.15, 0.2) is 5.96 Å². The Morgan fingerprint density at radius 3 is 2.32 bits per heavy atom. The van der Waals surface area contributed by atoms with Gasteiger partial charge in [-0.15, -0.1) is 0 Å². The maximum atomic E-state index is 12.2. The Kier molecular flexibility index (Phi) is 8.34. The molecule has 2 aromatic carbocycles. The van der Waals surface area contributed by atoms with Crippen molar-refractivity contribution in [2.45, 2.75) is 20.3 Å². The van der Waals surface area contributed by atoms with Crippen LogP contribution in [0.25, 0.3) is 0 Å². The number of aliphatic imine (C=N–C) groups is 1. The zero-order chi connectivity index (χ0) is 20.4. The second-order valence-electron chi connectivity index (χ2n) is 6.66. The van der Waals surface area contributed by atoms with E-state index < -0.39 is 0 Å². The quantitative estimate of drug-likeness (QED) is 0.372. The molecule has 6 nitrogen and oxygen atoms in total. The van der Waals surface area contributed by atoms with Crippen LogP contribution in [-0.2, 0) is 6.42 Å². The van der Waals surface area contributed by atoms with Gasteiger partial charge in [0.05, 0.1) is 7.11 Å². The van der Waals surface area contributed by atoms with Gasteiger partial charge in [-0.1, -0.05) is 35.4 Å². The average molecular weight is 383 g/mol. The lowest BCUT2D eigenvalue weighted by Crippen LogP contribution is -2.42. The van der Waals surface area contributed by atoms with Gasteiger partial charge in [0, 0.05) is 32.2 Å². The molecule has 0 fully saturated rings. The minimum absolute atomic E-state index is 0.126. The first-order chi connectivity index (χ1) is 13.5. The van der Waals surface area contributed by atoms with Crippen LogP contribution >= 0.6 is 0 Å². The predicted molar refractivity (Wildman–Crippen MR) is 114 cm³/mol. The summed E-state index contributed by atoms with van der Waals surface area (Å²) < 4.78 is 5.14. The largest absolute Gasteiger partial charge is 0.497 e. The summed E-state index contributed by atoms with van der Waals surface area (Å²) in [5.74, 6) is 1.26. The monoisotopic (exact) mass is 382 g/mol. The van der Waals surface area contributed by atoms with Crippen molar-refractivity contribution in [1.29, 1.82) is 0 Å². The van der Waals surface area contributed by atoms with Gasteiger partial charge < -0.3 is 20.7 Å². The molecule has 0 radical (unpaired) electrons. The van der Waals surface area contributed by atoms with Crippen molar-refractivity contribution in [3.63, 3.8) is 0 Å². The molecule has 0 spiro atoms. The van der Waals surface area contributed by atoms with E-state index in [4.69, 9.17) is 4.74 Å². The highest BCUT2D eigenvalue weighted by Gasteiger charge is 2.06. The van der Waals surface area contributed by atoms with E-state index in [1.54, 1.807) is 32.4 Å². The second-order valence-corrected chi connectivity index (χ2v) is 6.66. The van der Waals surface area contributed by atoms with Crippen LogP contribution in [0, 0.1) is 13.8 Å². The van der Waals surface area contributed by atoms with Gasteiger partial charge in [-0.3, -0.25) is 9.79 Å². The number of nitrogens with zero attached hydrogens (tertiary/aromatic N) is 1. The molecule has 6 heteroatoms. The Bertz CT molecular complexity index is 798. The zero-order valence-corrected chi connectivity index (χ0v) is 17.1. The number of ether oxygens (including phenoxy) is 1. The van der Waals surface area contributed by atoms with Crippen molar-refractivity contribution in [3.05, 3.63) is 64.7 Å². The molecule has 0 atom stereocenters. The maximum absolute atomic E-state index is 12.2. The fourth-order valence-electron chi connectivity index (χ4n) is 2.98. The van der Waals surface area contributed by atoms with Crippen molar-refractivity contribution >= 4 is 11.9 Å². The van der Waals surface area contributed by atoms with E-state index in [9.17, 15) is 4.79 Å². The van der Waals surface area contributed by atoms with E-state index in [0.717, 1.165) is 18.9 Å². The molecular weight excluding hydrogens is 352 g/mol. The fraction of sp³-hybridized carbons (Fsp3) is 0.364. The standard InChI is InChI=1S/C22H30N4O2/c1-16-12-17(2)14-18(13-16)8-9-25-22(23-3)26-11-10-24-21(27)19-6-5-7-20(15-19)28-4/h5-7,12-15H,8-11H2,1-4H3,(H,24,27)(H2,23,25,26). The lowest BCUT2D eigenvalue weighted by atomic mass is 10.1. The van der Waals surface area contributed by atoms with E-state index in [1.807, 2.05) is 6.07 Å². The minimum Gasteiger partial charge on any atom is -0.497 e. The molecule has 2 aromatic rings. The topological polar surface area (TPSA) is 74.8 Å². The van der Waals surface area contributed by atoms with Crippen molar-refractivity contribution in [2.24, 2.45) is 4.99 Å². The van der Waals surface area contributed by atoms with Crippen molar-refractivity contribution < 1.29 is 9.53 Å². The Hall–Kier alpha value is -3.02. The molecule has 0 aliphatic carbocycles. The van der Waals surface area contributed by atoms with Crippen molar-refractivity contribution in [2.75, 3.05) is 33.8 Å². The van der Waals surface area contributed by atoms with Crippen LogP contribution < -0.4 is 20.7 Å². The zero-order valence-electron chi connectivity index (χ0n) is 17.1. The van der Waals surface area contributed by atoms with Crippen molar-refractivity contribution in [3.8, 4) is 5.75 Å². The summed E-state index contributed by atoms with van der Waals surface area (Å²) in [5.41, 5.74) is 4.45. The Labute approximate surface area is 167 Å². The number of carbonyl (C=O) groups excluding carboxylic acids is 1. The van der Waals surface area contributed by atoms with Crippen LogP contribution in [0.5, 0.6) is 5.75 Å². The summed E-state index contributed by atoms with van der Waals surface area (Å²) in [7, 11) is 3.32. The third kappa shape index (κ3) is 6.95. The number of benzene rings is 2. The van der Waals surface area contributed by atoms with Gasteiger partial charge in [-0.2, -0.15) is 0 Å². The molecule has 150 valence electrons. The van der Waals surface area contributed by atoms with Crippen LogP contribution in [0.15, 0.2) is 47.5 Å². The molecule has 0 saturated heterocycles. The van der Waals surface area contributed by atoms with E-state index in [-0.39, 0.29) is 5.91 Å². The molecule has 0 saturated carbocycles. The Morgan fingerprint density at radius 1 is 0.964 bits per heavy atom. The van der Waals surface area contributed by atoms with Crippen LogP contribution in [-0.4, -0.2) is 45.7 Å². The molecule has 1 amide bonds. The summed E-state index contributed by atoms with van der Waals surface area (Å²) in [5, 5.41) is 9.39. The highest BCUT2D eigenvalue weighted by Crippen LogP contribution is 2.12. The minimum atomic E-state index is -0.126.